The van der Waals surface area contributed by atoms with Crippen LogP contribution in [0.1, 0.15) is 17.5 Å². The molecule has 0 saturated carbocycles. The molecular weight excluding hydrogens is 380 g/mol. The topological polar surface area (TPSA) is 50.4 Å². The number of ether oxygens (including phenoxy) is 1. The summed E-state index contributed by atoms with van der Waals surface area (Å²) in [7, 11) is 0. The molecule has 1 fully saturated rings. The van der Waals surface area contributed by atoms with Gasteiger partial charge in [-0.1, -0.05) is 42.5 Å². The summed E-state index contributed by atoms with van der Waals surface area (Å²) >= 11 is 3.55. The molecule has 1 saturated heterocycles. The Morgan fingerprint density at radius 2 is 2.08 bits per heavy atom. The van der Waals surface area contributed by atoms with Gasteiger partial charge in [0.05, 0.1) is 10.5 Å². The Balaban J connectivity index is 1.49. The van der Waals surface area contributed by atoms with E-state index in [1.807, 2.05) is 48.6 Å². The van der Waals surface area contributed by atoms with E-state index in [0.717, 1.165) is 34.3 Å². The SMILES string of the molecule is O=C1NCCC1NCc1ccc(OCC=Cc2ccccc2)c(Br)c1. The molecule has 1 atom stereocenters. The van der Waals surface area contributed by atoms with E-state index < -0.39 is 0 Å². The van der Waals surface area contributed by atoms with E-state index >= 15 is 0 Å². The van der Waals surface area contributed by atoms with Gasteiger partial charge in [-0.3, -0.25) is 4.79 Å². The Morgan fingerprint density at radius 1 is 1.24 bits per heavy atom. The summed E-state index contributed by atoms with van der Waals surface area (Å²) in [5.74, 6) is 0.893. The largest absolute Gasteiger partial charge is 0.488 e. The molecule has 1 heterocycles. The lowest BCUT2D eigenvalue weighted by atomic mass is 10.2. The van der Waals surface area contributed by atoms with E-state index in [1.54, 1.807) is 0 Å². The number of hydrogen-bond donors (Lipinski definition) is 2. The maximum atomic E-state index is 11.6. The molecule has 0 aliphatic carbocycles. The number of carbonyl (C=O) groups is 1. The van der Waals surface area contributed by atoms with Crippen LogP contribution in [0.3, 0.4) is 0 Å². The summed E-state index contributed by atoms with van der Waals surface area (Å²) in [5, 5.41) is 6.11. The zero-order chi connectivity index (χ0) is 17.5. The number of halogens is 1. The third-order valence-corrected chi connectivity index (χ3v) is 4.66. The van der Waals surface area contributed by atoms with Crippen LogP contribution in [0.15, 0.2) is 59.1 Å². The second-order valence-electron chi connectivity index (χ2n) is 5.90. The lowest BCUT2D eigenvalue weighted by molar-refractivity contribution is -0.120. The average molecular weight is 401 g/mol. The minimum Gasteiger partial charge on any atom is -0.488 e. The van der Waals surface area contributed by atoms with Crippen LogP contribution in [-0.2, 0) is 11.3 Å². The monoisotopic (exact) mass is 400 g/mol. The van der Waals surface area contributed by atoms with E-state index in [4.69, 9.17) is 4.74 Å². The van der Waals surface area contributed by atoms with Crippen molar-refractivity contribution in [2.75, 3.05) is 13.2 Å². The van der Waals surface area contributed by atoms with Gasteiger partial charge in [0, 0.05) is 13.1 Å². The molecular formula is C20H21BrN2O2. The second-order valence-corrected chi connectivity index (χ2v) is 6.76. The van der Waals surface area contributed by atoms with Crippen molar-refractivity contribution in [2.45, 2.75) is 19.0 Å². The van der Waals surface area contributed by atoms with Crippen molar-refractivity contribution in [2.24, 2.45) is 0 Å². The molecule has 1 unspecified atom stereocenters. The molecule has 3 rings (SSSR count). The Labute approximate surface area is 156 Å². The van der Waals surface area contributed by atoms with Crippen LogP contribution in [0.5, 0.6) is 5.75 Å². The number of rotatable bonds is 7. The molecule has 1 aliphatic heterocycles. The van der Waals surface area contributed by atoms with Gasteiger partial charge in [-0.15, -0.1) is 0 Å². The zero-order valence-electron chi connectivity index (χ0n) is 13.9. The van der Waals surface area contributed by atoms with E-state index in [2.05, 4.69) is 38.7 Å². The van der Waals surface area contributed by atoms with Crippen molar-refractivity contribution >= 4 is 27.9 Å². The van der Waals surface area contributed by atoms with Gasteiger partial charge < -0.3 is 15.4 Å². The maximum absolute atomic E-state index is 11.6. The average Bonchev–Trinajstić information content (AvgIpc) is 3.04. The second kappa shape index (κ2) is 8.83. The highest BCUT2D eigenvalue weighted by Crippen LogP contribution is 2.26. The van der Waals surface area contributed by atoms with Crippen molar-refractivity contribution < 1.29 is 9.53 Å². The fourth-order valence-corrected chi connectivity index (χ4v) is 3.23. The van der Waals surface area contributed by atoms with Gasteiger partial charge in [0.15, 0.2) is 0 Å². The summed E-state index contributed by atoms with van der Waals surface area (Å²) in [6.07, 6.45) is 4.88. The van der Waals surface area contributed by atoms with Crippen molar-refractivity contribution in [1.29, 1.82) is 0 Å². The summed E-state index contributed by atoms with van der Waals surface area (Å²) in [4.78, 5) is 11.6. The Kier molecular flexibility index (Phi) is 6.25. The lowest BCUT2D eigenvalue weighted by Crippen LogP contribution is -2.35. The smallest absolute Gasteiger partial charge is 0.237 e. The molecule has 0 aromatic heterocycles. The van der Waals surface area contributed by atoms with Crippen molar-refractivity contribution in [3.05, 3.63) is 70.2 Å². The van der Waals surface area contributed by atoms with Crippen molar-refractivity contribution in [3.63, 3.8) is 0 Å². The number of hydrogen-bond acceptors (Lipinski definition) is 3. The highest BCUT2D eigenvalue weighted by Gasteiger charge is 2.22. The first-order valence-electron chi connectivity index (χ1n) is 8.36. The van der Waals surface area contributed by atoms with E-state index in [-0.39, 0.29) is 11.9 Å². The van der Waals surface area contributed by atoms with Gasteiger partial charge in [-0.05, 0) is 51.7 Å². The van der Waals surface area contributed by atoms with Crippen molar-refractivity contribution in [1.82, 2.24) is 10.6 Å². The van der Waals surface area contributed by atoms with E-state index in [9.17, 15) is 4.79 Å². The van der Waals surface area contributed by atoms with Crippen LogP contribution in [0.2, 0.25) is 0 Å². The van der Waals surface area contributed by atoms with Gasteiger partial charge in [-0.25, -0.2) is 0 Å². The quantitative estimate of drug-likeness (QED) is 0.747. The molecule has 25 heavy (non-hydrogen) atoms. The van der Waals surface area contributed by atoms with Gasteiger partial charge >= 0.3 is 0 Å². The zero-order valence-corrected chi connectivity index (χ0v) is 15.5. The fourth-order valence-electron chi connectivity index (χ4n) is 2.69. The standard InChI is InChI=1S/C20H21BrN2O2/c21-17-13-16(14-23-18-10-11-22-20(18)24)8-9-19(17)25-12-4-7-15-5-2-1-3-6-15/h1-9,13,18,23H,10-12,14H2,(H,22,24). The van der Waals surface area contributed by atoms with E-state index in [0.29, 0.717) is 13.2 Å². The summed E-state index contributed by atoms with van der Waals surface area (Å²) in [5.41, 5.74) is 2.27. The predicted octanol–water partition coefficient (Wildman–Crippen LogP) is 3.52. The fraction of sp³-hybridized carbons (Fsp3) is 0.250. The number of amides is 1. The van der Waals surface area contributed by atoms with Crippen LogP contribution >= 0.6 is 15.9 Å². The number of nitrogens with one attached hydrogen (secondary N) is 2. The van der Waals surface area contributed by atoms with Crippen LogP contribution in [0.25, 0.3) is 6.08 Å². The molecule has 0 bridgehead atoms. The summed E-state index contributed by atoms with van der Waals surface area (Å²) < 4.78 is 6.70. The molecule has 1 amide bonds. The Morgan fingerprint density at radius 3 is 2.80 bits per heavy atom. The van der Waals surface area contributed by atoms with Gasteiger partial charge in [0.1, 0.15) is 12.4 Å². The molecule has 5 heteroatoms. The number of benzene rings is 2. The Bertz CT molecular complexity index is 747. The first-order valence-corrected chi connectivity index (χ1v) is 9.15. The maximum Gasteiger partial charge on any atom is 0.237 e. The van der Waals surface area contributed by atoms with Crippen LogP contribution in [-0.4, -0.2) is 25.1 Å². The predicted molar refractivity (Wildman–Crippen MR) is 103 cm³/mol. The minimum atomic E-state index is -0.0853. The lowest BCUT2D eigenvalue weighted by Gasteiger charge is -2.11. The van der Waals surface area contributed by atoms with Gasteiger partial charge in [0.2, 0.25) is 5.91 Å². The normalized spacial score (nSPS) is 17.0. The number of carbonyl (C=O) groups excluding carboxylic acids is 1. The minimum absolute atomic E-state index is 0.0853. The molecule has 2 aromatic rings. The van der Waals surface area contributed by atoms with Crippen LogP contribution < -0.4 is 15.4 Å². The first kappa shape index (κ1) is 17.7. The van der Waals surface area contributed by atoms with Crippen molar-refractivity contribution in [3.8, 4) is 5.75 Å². The molecule has 0 spiro atoms. The first-order chi connectivity index (χ1) is 12.2. The van der Waals surface area contributed by atoms with Crippen LogP contribution in [0, 0.1) is 0 Å². The van der Waals surface area contributed by atoms with Gasteiger partial charge in [0.25, 0.3) is 0 Å². The molecule has 1 aliphatic rings. The Hall–Kier alpha value is -2.11. The van der Waals surface area contributed by atoms with Gasteiger partial charge in [-0.2, -0.15) is 0 Å². The summed E-state index contributed by atoms with van der Waals surface area (Å²) in [6, 6.07) is 16.0. The molecule has 2 N–H and O–H groups in total. The molecule has 4 nitrogen and oxygen atoms in total. The van der Waals surface area contributed by atoms with E-state index in [1.165, 1.54) is 0 Å². The molecule has 130 valence electrons. The highest BCUT2D eigenvalue weighted by atomic mass is 79.9. The van der Waals surface area contributed by atoms with Crippen LogP contribution in [0.4, 0.5) is 0 Å². The molecule has 2 aromatic carbocycles. The molecule has 0 radical (unpaired) electrons. The highest BCUT2D eigenvalue weighted by molar-refractivity contribution is 9.10. The third kappa shape index (κ3) is 5.18. The third-order valence-electron chi connectivity index (χ3n) is 4.04. The summed E-state index contributed by atoms with van der Waals surface area (Å²) in [6.45, 7) is 1.92.